The van der Waals surface area contributed by atoms with E-state index in [4.69, 9.17) is 5.10 Å². The minimum Gasteiger partial charge on any atom is -0.356 e. The van der Waals surface area contributed by atoms with Crippen molar-refractivity contribution in [2.24, 2.45) is 0 Å². The fraction of sp³-hybridized carbons (Fsp3) is 0.444. The molecule has 24 heavy (non-hydrogen) atoms. The SMILES string of the molecule is CCCN(CCC)c1cc(CC)nc2nc(-c3ccncc3)nn12. The first-order chi connectivity index (χ1) is 11.8. The molecular formula is C18H24N6. The first-order valence-corrected chi connectivity index (χ1v) is 8.68. The van der Waals surface area contributed by atoms with E-state index < -0.39 is 0 Å². The molecule has 3 rings (SSSR count). The molecule has 0 aliphatic carbocycles. The number of fused-ring (bicyclic) bond motifs is 1. The molecule has 0 amide bonds. The van der Waals surface area contributed by atoms with E-state index in [1.165, 1.54) is 0 Å². The third kappa shape index (κ3) is 3.22. The quantitative estimate of drug-likeness (QED) is 0.667. The second kappa shape index (κ2) is 7.38. The van der Waals surface area contributed by atoms with Gasteiger partial charge in [0.2, 0.25) is 0 Å². The van der Waals surface area contributed by atoms with Gasteiger partial charge in [0.05, 0.1) is 0 Å². The van der Waals surface area contributed by atoms with Crippen LogP contribution in [0, 0.1) is 0 Å². The Hall–Kier alpha value is -2.50. The van der Waals surface area contributed by atoms with E-state index in [0.717, 1.165) is 49.4 Å². The van der Waals surface area contributed by atoms with Crippen LogP contribution < -0.4 is 4.90 Å². The topological polar surface area (TPSA) is 59.2 Å². The summed E-state index contributed by atoms with van der Waals surface area (Å²) < 4.78 is 1.88. The lowest BCUT2D eigenvalue weighted by atomic mass is 10.3. The van der Waals surface area contributed by atoms with Crippen LogP contribution in [0.5, 0.6) is 0 Å². The van der Waals surface area contributed by atoms with Crippen molar-refractivity contribution < 1.29 is 0 Å². The third-order valence-electron chi connectivity index (χ3n) is 3.96. The molecule has 0 atom stereocenters. The molecule has 3 aromatic heterocycles. The molecule has 0 spiro atoms. The third-order valence-corrected chi connectivity index (χ3v) is 3.96. The Bertz CT molecular complexity index is 790. The Morgan fingerprint density at radius 2 is 1.71 bits per heavy atom. The summed E-state index contributed by atoms with van der Waals surface area (Å²) in [5.74, 6) is 2.43. The fourth-order valence-corrected chi connectivity index (χ4v) is 2.81. The summed E-state index contributed by atoms with van der Waals surface area (Å²) >= 11 is 0. The minimum absolute atomic E-state index is 0.661. The molecule has 0 aliphatic rings. The van der Waals surface area contributed by atoms with Crippen LogP contribution in [0.1, 0.15) is 39.3 Å². The largest absolute Gasteiger partial charge is 0.356 e. The molecule has 3 aromatic rings. The molecule has 0 unspecified atom stereocenters. The maximum atomic E-state index is 4.72. The van der Waals surface area contributed by atoms with Gasteiger partial charge in [-0.1, -0.05) is 20.8 Å². The standard InChI is InChI=1S/C18H24N6/c1-4-11-23(12-5-2)16-13-15(6-3)20-18-21-17(22-24(16)18)14-7-9-19-10-8-14/h7-10,13H,4-6,11-12H2,1-3H3. The van der Waals surface area contributed by atoms with Gasteiger partial charge in [0, 0.05) is 42.8 Å². The van der Waals surface area contributed by atoms with Crippen LogP contribution in [0.3, 0.4) is 0 Å². The van der Waals surface area contributed by atoms with Gasteiger partial charge in [-0.2, -0.15) is 9.50 Å². The van der Waals surface area contributed by atoms with Gasteiger partial charge in [-0.05, 0) is 31.4 Å². The first kappa shape index (κ1) is 16.4. The van der Waals surface area contributed by atoms with Crippen molar-refractivity contribution >= 4 is 11.6 Å². The molecule has 0 saturated heterocycles. The molecule has 6 heteroatoms. The fourth-order valence-electron chi connectivity index (χ4n) is 2.81. The summed E-state index contributed by atoms with van der Waals surface area (Å²) in [6, 6.07) is 5.99. The summed E-state index contributed by atoms with van der Waals surface area (Å²) in [4.78, 5) is 15.7. The van der Waals surface area contributed by atoms with Crippen LogP contribution in [-0.4, -0.2) is 37.7 Å². The van der Waals surface area contributed by atoms with Gasteiger partial charge in [-0.25, -0.2) is 4.98 Å². The van der Waals surface area contributed by atoms with Crippen LogP contribution in [0.4, 0.5) is 5.82 Å². The average Bonchev–Trinajstić information content (AvgIpc) is 3.05. The number of aromatic nitrogens is 5. The molecule has 6 nitrogen and oxygen atoms in total. The Kier molecular flexibility index (Phi) is 5.03. The van der Waals surface area contributed by atoms with Gasteiger partial charge in [-0.3, -0.25) is 4.98 Å². The van der Waals surface area contributed by atoms with Crippen LogP contribution >= 0.6 is 0 Å². The van der Waals surface area contributed by atoms with Gasteiger partial charge in [0.1, 0.15) is 5.82 Å². The number of hydrogen-bond donors (Lipinski definition) is 0. The normalized spacial score (nSPS) is 11.1. The van der Waals surface area contributed by atoms with Gasteiger partial charge in [-0.15, -0.1) is 5.10 Å². The van der Waals surface area contributed by atoms with Crippen molar-refractivity contribution in [1.82, 2.24) is 24.6 Å². The van der Waals surface area contributed by atoms with Crippen molar-refractivity contribution in [3.8, 4) is 11.4 Å². The molecular weight excluding hydrogens is 300 g/mol. The van der Waals surface area contributed by atoms with Crippen molar-refractivity contribution in [2.75, 3.05) is 18.0 Å². The summed E-state index contributed by atoms with van der Waals surface area (Å²) in [6.45, 7) is 8.52. The zero-order chi connectivity index (χ0) is 16.9. The summed E-state index contributed by atoms with van der Waals surface area (Å²) in [5.41, 5.74) is 2.00. The van der Waals surface area contributed by atoms with Crippen LogP contribution in [0.2, 0.25) is 0 Å². The highest BCUT2D eigenvalue weighted by molar-refractivity contribution is 5.58. The van der Waals surface area contributed by atoms with Gasteiger partial charge in [0.15, 0.2) is 5.82 Å². The van der Waals surface area contributed by atoms with Crippen LogP contribution in [0.25, 0.3) is 17.2 Å². The number of hydrogen-bond acceptors (Lipinski definition) is 5. The lowest BCUT2D eigenvalue weighted by Gasteiger charge is -2.24. The van der Waals surface area contributed by atoms with E-state index in [0.29, 0.717) is 11.6 Å². The second-order valence-electron chi connectivity index (χ2n) is 5.83. The predicted molar refractivity (Wildman–Crippen MR) is 96.2 cm³/mol. The zero-order valence-corrected chi connectivity index (χ0v) is 14.6. The summed E-state index contributed by atoms with van der Waals surface area (Å²) in [6.07, 6.45) is 6.59. The van der Waals surface area contributed by atoms with Gasteiger partial charge < -0.3 is 4.90 Å². The lowest BCUT2D eigenvalue weighted by Crippen LogP contribution is -2.27. The molecule has 0 saturated carbocycles. The van der Waals surface area contributed by atoms with Crippen LogP contribution in [0.15, 0.2) is 30.6 Å². The number of rotatable bonds is 7. The molecule has 0 N–H and O–H groups in total. The Balaban J connectivity index is 2.14. The Labute approximate surface area is 142 Å². The van der Waals surface area contributed by atoms with Crippen molar-refractivity contribution in [3.63, 3.8) is 0 Å². The molecule has 3 heterocycles. The highest BCUT2D eigenvalue weighted by Gasteiger charge is 2.16. The number of anilines is 1. The van der Waals surface area contributed by atoms with Crippen molar-refractivity contribution in [2.45, 2.75) is 40.0 Å². The maximum Gasteiger partial charge on any atom is 0.254 e. The van der Waals surface area contributed by atoms with E-state index >= 15 is 0 Å². The zero-order valence-electron chi connectivity index (χ0n) is 14.6. The van der Waals surface area contributed by atoms with E-state index in [1.807, 2.05) is 16.6 Å². The molecule has 0 fully saturated rings. The van der Waals surface area contributed by atoms with Crippen molar-refractivity contribution in [1.29, 1.82) is 0 Å². The average molecular weight is 324 g/mol. The smallest absolute Gasteiger partial charge is 0.254 e. The Morgan fingerprint density at radius 1 is 1.00 bits per heavy atom. The Morgan fingerprint density at radius 3 is 2.33 bits per heavy atom. The predicted octanol–water partition coefficient (Wildman–Crippen LogP) is 3.38. The van der Waals surface area contributed by atoms with E-state index in [2.05, 4.69) is 46.7 Å². The van der Waals surface area contributed by atoms with Gasteiger partial charge >= 0.3 is 0 Å². The van der Waals surface area contributed by atoms with E-state index in [-0.39, 0.29) is 0 Å². The van der Waals surface area contributed by atoms with Crippen molar-refractivity contribution in [3.05, 3.63) is 36.3 Å². The molecule has 0 aromatic carbocycles. The molecule has 0 radical (unpaired) electrons. The molecule has 126 valence electrons. The molecule has 0 bridgehead atoms. The highest BCUT2D eigenvalue weighted by Crippen LogP contribution is 2.21. The summed E-state index contributed by atoms with van der Waals surface area (Å²) in [5, 5.41) is 4.72. The van der Waals surface area contributed by atoms with E-state index in [9.17, 15) is 0 Å². The highest BCUT2D eigenvalue weighted by atomic mass is 15.4. The van der Waals surface area contributed by atoms with Gasteiger partial charge in [0.25, 0.3) is 5.78 Å². The minimum atomic E-state index is 0.661. The lowest BCUT2D eigenvalue weighted by molar-refractivity contribution is 0.713. The first-order valence-electron chi connectivity index (χ1n) is 8.68. The number of nitrogens with zero attached hydrogens (tertiary/aromatic N) is 6. The second-order valence-corrected chi connectivity index (χ2v) is 5.83. The maximum absolute atomic E-state index is 4.72. The monoisotopic (exact) mass is 324 g/mol. The van der Waals surface area contributed by atoms with E-state index in [1.54, 1.807) is 12.4 Å². The summed E-state index contributed by atoms with van der Waals surface area (Å²) in [7, 11) is 0. The number of pyridine rings is 1. The molecule has 0 aliphatic heterocycles. The number of aryl methyl sites for hydroxylation is 1. The van der Waals surface area contributed by atoms with Crippen LogP contribution in [-0.2, 0) is 6.42 Å².